The second kappa shape index (κ2) is 3.60. The number of aliphatic carboxylic acids is 1. The Labute approximate surface area is 98.6 Å². The van der Waals surface area contributed by atoms with E-state index in [1.165, 1.54) is 0 Å². The maximum atomic E-state index is 11.1. The highest BCUT2D eigenvalue weighted by Crippen LogP contribution is 2.31. The van der Waals surface area contributed by atoms with Crippen LogP contribution in [0.5, 0.6) is 0 Å². The molecule has 0 saturated carbocycles. The molecule has 4 heteroatoms. The Morgan fingerprint density at radius 1 is 1.41 bits per heavy atom. The highest BCUT2D eigenvalue weighted by atomic mass is 16.4. The summed E-state index contributed by atoms with van der Waals surface area (Å²) < 4.78 is 0. The van der Waals surface area contributed by atoms with Crippen LogP contribution in [0.25, 0.3) is 10.9 Å². The minimum atomic E-state index is -0.784. The first kappa shape index (κ1) is 10.4. The SMILES string of the molecule is C[C@H]1N[C@@H](C(=O)O)Cc2c1[nH]c1ccccc21. The summed E-state index contributed by atoms with van der Waals surface area (Å²) in [6, 6.07) is 7.59. The molecule has 0 bridgehead atoms. The summed E-state index contributed by atoms with van der Waals surface area (Å²) in [5.74, 6) is -0.784. The van der Waals surface area contributed by atoms with Crippen molar-refractivity contribution < 1.29 is 9.90 Å². The van der Waals surface area contributed by atoms with Crippen LogP contribution >= 0.6 is 0 Å². The molecule has 3 rings (SSSR count). The monoisotopic (exact) mass is 230 g/mol. The number of carboxylic acid groups (broad SMARTS) is 1. The van der Waals surface area contributed by atoms with E-state index in [1.54, 1.807) is 0 Å². The minimum absolute atomic E-state index is 0.0484. The zero-order chi connectivity index (χ0) is 12.0. The third kappa shape index (κ3) is 1.52. The predicted octanol–water partition coefficient (Wildman–Crippen LogP) is 1.83. The highest BCUT2D eigenvalue weighted by Gasteiger charge is 2.30. The first-order valence-corrected chi connectivity index (χ1v) is 5.75. The molecule has 2 aromatic rings. The number of hydrogen-bond acceptors (Lipinski definition) is 2. The molecule has 88 valence electrons. The van der Waals surface area contributed by atoms with Crippen LogP contribution in [0.4, 0.5) is 0 Å². The quantitative estimate of drug-likeness (QED) is 0.700. The zero-order valence-corrected chi connectivity index (χ0v) is 9.53. The molecule has 0 amide bonds. The van der Waals surface area contributed by atoms with Crippen molar-refractivity contribution in [3.8, 4) is 0 Å². The highest BCUT2D eigenvalue weighted by molar-refractivity contribution is 5.86. The molecule has 1 aliphatic heterocycles. The largest absolute Gasteiger partial charge is 0.480 e. The van der Waals surface area contributed by atoms with E-state index < -0.39 is 12.0 Å². The first-order chi connectivity index (χ1) is 8.16. The molecule has 4 nitrogen and oxygen atoms in total. The summed E-state index contributed by atoms with van der Waals surface area (Å²) in [6.45, 7) is 1.99. The minimum Gasteiger partial charge on any atom is -0.480 e. The molecule has 17 heavy (non-hydrogen) atoms. The molecule has 0 fully saturated rings. The van der Waals surface area contributed by atoms with E-state index in [1.807, 2.05) is 31.2 Å². The van der Waals surface area contributed by atoms with Gasteiger partial charge in [-0.15, -0.1) is 0 Å². The van der Waals surface area contributed by atoms with Crippen molar-refractivity contribution in [2.24, 2.45) is 0 Å². The van der Waals surface area contributed by atoms with Gasteiger partial charge in [-0.3, -0.25) is 10.1 Å². The van der Waals surface area contributed by atoms with Crippen LogP contribution in [0.1, 0.15) is 24.2 Å². The lowest BCUT2D eigenvalue weighted by atomic mass is 9.95. The van der Waals surface area contributed by atoms with Crippen molar-refractivity contribution in [3.05, 3.63) is 35.5 Å². The molecule has 1 aromatic carbocycles. The van der Waals surface area contributed by atoms with E-state index in [-0.39, 0.29) is 6.04 Å². The molecule has 0 unspecified atom stereocenters. The Bertz CT molecular complexity index is 588. The van der Waals surface area contributed by atoms with Crippen molar-refractivity contribution >= 4 is 16.9 Å². The molecule has 3 N–H and O–H groups in total. The van der Waals surface area contributed by atoms with Gasteiger partial charge >= 0.3 is 5.97 Å². The smallest absolute Gasteiger partial charge is 0.321 e. The second-order valence-corrected chi connectivity index (χ2v) is 4.55. The number of hydrogen-bond donors (Lipinski definition) is 3. The van der Waals surface area contributed by atoms with Crippen LogP contribution in [0, 0.1) is 0 Å². The number of fused-ring (bicyclic) bond motifs is 3. The number of para-hydroxylation sites is 1. The van der Waals surface area contributed by atoms with Gasteiger partial charge in [-0.1, -0.05) is 18.2 Å². The molecule has 0 radical (unpaired) electrons. The Morgan fingerprint density at radius 2 is 2.18 bits per heavy atom. The third-order valence-corrected chi connectivity index (χ3v) is 3.44. The number of H-pyrrole nitrogens is 1. The first-order valence-electron chi connectivity index (χ1n) is 5.75. The topological polar surface area (TPSA) is 65.1 Å². The maximum absolute atomic E-state index is 11.1. The molecule has 0 spiro atoms. The van der Waals surface area contributed by atoms with Crippen molar-refractivity contribution in [2.75, 3.05) is 0 Å². The molecular weight excluding hydrogens is 216 g/mol. The molecule has 0 saturated heterocycles. The van der Waals surface area contributed by atoms with Crippen LogP contribution in [-0.2, 0) is 11.2 Å². The van der Waals surface area contributed by atoms with Gasteiger partial charge in [0.2, 0.25) is 0 Å². The van der Waals surface area contributed by atoms with Crippen molar-refractivity contribution in [1.29, 1.82) is 0 Å². The van der Waals surface area contributed by atoms with Gasteiger partial charge in [0.1, 0.15) is 6.04 Å². The van der Waals surface area contributed by atoms with Crippen molar-refractivity contribution in [2.45, 2.75) is 25.4 Å². The Morgan fingerprint density at radius 3 is 2.94 bits per heavy atom. The van der Waals surface area contributed by atoms with E-state index in [2.05, 4.69) is 10.3 Å². The lowest BCUT2D eigenvalue weighted by Crippen LogP contribution is -2.43. The van der Waals surface area contributed by atoms with Gasteiger partial charge in [-0.25, -0.2) is 0 Å². The number of aromatic nitrogens is 1. The van der Waals surface area contributed by atoms with Gasteiger partial charge in [-0.2, -0.15) is 0 Å². The van der Waals surface area contributed by atoms with Gasteiger partial charge in [0.15, 0.2) is 0 Å². The molecule has 2 heterocycles. The summed E-state index contributed by atoms with van der Waals surface area (Å²) in [5.41, 5.74) is 3.33. The average molecular weight is 230 g/mol. The fraction of sp³-hybridized carbons (Fsp3) is 0.308. The summed E-state index contributed by atoms with van der Waals surface area (Å²) in [7, 11) is 0. The van der Waals surface area contributed by atoms with E-state index in [0.717, 1.165) is 22.2 Å². The van der Waals surface area contributed by atoms with Crippen LogP contribution in [0.15, 0.2) is 24.3 Å². The van der Waals surface area contributed by atoms with E-state index >= 15 is 0 Å². The fourth-order valence-corrected chi connectivity index (χ4v) is 2.62. The van der Waals surface area contributed by atoms with Gasteiger partial charge in [0, 0.05) is 29.1 Å². The van der Waals surface area contributed by atoms with Crippen LogP contribution in [-0.4, -0.2) is 22.1 Å². The normalized spacial score (nSPS) is 23.6. The third-order valence-electron chi connectivity index (χ3n) is 3.44. The lowest BCUT2D eigenvalue weighted by molar-refractivity contribution is -0.139. The van der Waals surface area contributed by atoms with Gasteiger partial charge in [0.05, 0.1) is 0 Å². The van der Waals surface area contributed by atoms with Crippen LogP contribution in [0.3, 0.4) is 0 Å². The molecule has 1 aromatic heterocycles. The average Bonchev–Trinajstić information content (AvgIpc) is 2.68. The van der Waals surface area contributed by atoms with E-state index in [0.29, 0.717) is 6.42 Å². The predicted molar refractivity (Wildman–Crippen MR) is 65.0 cm³/mol. The summed E-state index contributed by atoms with van der Waals surface area (Å²) in [4.78, 5) is 14.5. The number of benzene rings is 1. The second-order valence-electron chi connectivity index (χ2n) is 4.55. The Hall–Kier alpha value is -1.81. The molecule has 0 aliphatic carbocycles. The number of nitrogens with one attached hydrogen (secondary N) is 2. The summed E-state index contributed by atoms with van der Waals surface area (Å²) >= 11 is 0. The Kier molecular flexibility index (Phi) is 2.19. The van der Waals surface area contributed by atoms with Gasteiger partial charge < -0.3 is 10.1 Å². The van der Waals surface area contributed by atoms with Crippen molar-refractivity contribution in [1.82, 2.24) is 10.3 Å². The van der Waals surface area contributed by atoms with Gasteiger partial charge in [0.25, 0.3) is 0 Å². The Balaban J connectivity index is 2.16. The van der Waals surface area contributed by atoms with Crippen LogP contribution in [0.2, 0.25) is 0 Å². The molecular formula is C13H14N2O2. The number of carboxylic acids is 1. The summed E-state index contributed by atoms with van der Waals surface area (Å²) in [5, 5.41) is 13.4. The number of rotatable bonds is 1. The molecule has 1 aliphatic rings. The van der Waals surface area contributed by atoms with E-state index in [4.69, 9.17) is 5.11 Å². The van der Waals surface area contributed by atoms with Gasteiger partial charge in [-0.05, 0) is 18.6 Å². The molecule has 2 atom stereocenters. The fourth-order valence-electron chi connectivity index (χ4n) is 2.62. The number of aromatic amines is 1. The number of carbonyl (C=O) groups is 1. The van der Waals surface area contributed by atoms with E-state index in [9.17, 15) is 4.79 Å². The standard InChI is InChI=1S/C13H14N2O2/c1-7-12-9(6-11(14-7)13(16)17)8-4-2-3-5-10(8)15-12/h2-5,7,11,14-15H,6H2,1H3,(H,16,17)/t7-,11-/m1/s1. The zero-order valence-electron chi connectivity index (χ0n) is 9.53. The van der Waals surface area contributed by atoms with Crippen molar-refractivity contribution in [3.63, 3.8) is 0 Å². The van der Waals surface area contributed by atoms with Crippen LogP contribution < -0.4 is 5.32 Å². The lowest BCUT2D eigenvalue weighted by Gasteiger charge is -2.26. The summed E-state index contributed by atoms with van der Waals surface area (Å²) in [6.07, 6.45) is 0.541. The maximum Gasteiger partial charge on any atom is 0.321 e.